The zero-order chi connectivity index (χ0) is 11.1. The molecule has 0 fully saturated rings. The van der Waals surface area contributed by atoms with Crippen LogP contribution in [0.2, 0.25) is 0 Å². The molecule has 0 aromatic heterocycles. The van der Waals surface area contributed by atoms with Gasteiger partial charge in [-0.25, -0.2) is 0 Å². The van der Waals surface area contributed by atoms with Crippen LogP contribution in [0.4, 0.5) is 0 Å². The zero-order valence-corrected chi connectivity index (χ0v) is 10.7. The Morgan fingerprint density at radius 2 is 1.79 bits per heavy atom. The van der Waals surface area contributed by atoms with Gasteiger partial charge in [0.2, 0.25) is 5.91 Å². The van der Waals surface area contributed by atoms with Gasteiger partial charge in [0.1, 0.15) is 0 Å². The maximum atomic E-state index is 11.7. The normalized spacial score (nSPS) is 13.0. The molecule has 0 aliphatic carbocycles. The van der Waals surface area contributed by atoms with Crippen LogP contribution in [0.5, 0.6) is 0 Å². The molecule has 0 saturated heterocycles. The molecule has 1 amide bonds. The van der Waals surface area contributed by atoms with Gasteiger partial charge in [-0.05, 0) is 19.8 Å². The minimum absolute atomic E-state index is 0.155. The highest BCUT2D eigenvalue weighted by Crippen LogP contribution is 2.11. The second-order valence-corrected chi connectivity index (χ2v) is 4.51. The molecule has 0 aromatic carbocycles. The molecule has 14 heavy (non-hydrogen) atoms. The van der Waals surface area contributed by atoms with E-state index in [-0.39, 0.29) is 11.2 Å². The molecule has 0 aromatic rings. The van der Waals surface area contributed by atoms with Crippen molar-refractivity contribution < 1.29 is 4.79 Å². The Labute approximate surface area is 93.5 Å². The number of amides is 1. The molecule has 0 N–H and O–H groups in total. The molecule has 0 rings (SSSR count). The average molecular weight is 217 g/mol. The fourth-order valence-corrected chi connectivity index (χ4v) is 1.66. The first-order valence-electron chi connectivity index (χ1n) is 5.53. The molecule has 0 aliphatic rings. The quantitative estimate of drug-likeness (QED) is 0.678. The lowest BCUT2D eigenvalue weighted by Crippen LogP contribution is -2.38. The van der Waals surface area contributed by atoms with E-state index in [2.05, 4.69) is 26.5 Å². The fourth-order valence-electron chi connectivity index (χ4n) is 1.50. The van der Waals surface area contributed by atoms with Crippen molar-refractivity contribution in [1.29, 1.82) is 0 Å². The van der Waals surface area contributed by atoms with Gasteiger partial charge in [-0.15, -0.1) is 0 Å². The number of hydrogen-bond donors (Lipinski definition) is 1. The van der Waals surface area contributed by atoms with E-state index in [0.29, 0.717) is 5.92 Å². The van der Waals surface area contributed by atoms with E-state index in [1.807, 2.05) is 18.7 Å². The number of carbonyl (C=O) groups is 1. The highest BCUT2D eigenvalue weighted by molar-refractivity contribution is 7.81. The minimum atomic E-state index is -0.177. The van der Waals surface area contributed by atoms with Crippen molar-refractivity contribution in [2.24, 2.45) is 5.92 Å². The van der Waals surface area contributed by atoms with Gasteiger partial charge in [-0.3, -0.25) is 4.79 Å². The lowest BCUT2D eigenvalue weighted by molar-refractivity contribution is -0.130. The number of rotatable bonds is 6. The topological polar surface area (TPSA) is 20.3 Å². The number of thiol groups is 1. The Balaban J connectivity index is 4.20. The van der Waals surface area contributed by atoms with Gasteiger partial charge in [-0.1, -0.05) is 26.7 Å². The molecular formula is C11H23NOS. The number of carbonyl (C=O) groups excluding carboxylic acids is 1. The first-order valence-corrected chi connectivity index (χ1v) is 6.05. The van der Waals surface area contributed by atoms with Crippen LogP contribution in [-0.2, 0) is 4.79 Å². The summed E-state index contributed by atoms with van der Waals surface area (Å²) >= 11 is 4.18. The minimum Gasteiger partial charge on any atom is -0.342 e. The van der Waals surface area contributed by atoms with Crippen LogP contribution in [-0.4, -0.2) is 29.1 Å². The number of nitrogens with zero attached hydrogens (tertiary/aromatic N) is 1. The third-order valence-corrected chi connectivity index (χ3v) is 2.90. The van der Waals surface area contributed by atoms with Crippen molar-refractivity contribution in [3.63, 3.8) is 0 Å². The van der Waals surface area contributed by atoms with Crippen molar-refractivity contribution in [3.05, 3.63) is 0 Å². The lowest BCUT2D eigenvalue weighted by Gasteiger charge is -2.26. The maximum absolute atomic E-state index is 11.7. The molecule has 0 aliphatic heterocycles. The number of hydrogen-bond acceptors (Lipinski definition) is 2. The van der Waals surface area contributed by atoms with Crippen LogP contribution in [0.25, 0.3) is 0 Å². The fraction of sp³-hybridized carbons (Fsp3) is 0.909. The molecule has 0 bridgehead atoms. The van der Waals surface area contributed by atoms with Crippen LogP contribution in [0.3, 0.4) is 0 Å². The Morgan fingerprint density at radius 3 is 2.07 bits per heavy atom. The summed E-state index contributed by atoms with van der Waals surface area (Å²) in [5, 5.41) is -0.177. The Bertz CT molecular complexity index is 167. The smallest absolute Gasteiger partial charge is 0.235 e. The molecule has 3 heteroatoms. The van der Waals surface area contributed by atoms with E-state index < -0.39 is 0 Å². The molecule has 1 unspecified atom stereocenters. The Morgan fingerprint density at radius 1 is 1.29 bits per heavy atom. The Kier molecular flexibility index (Phi) is 7.06. The van der Waals surface area contributed by atoms with Gasteiger partial charge in [-0.2, -0.15) is 12.6 Å². The predicted molar refractivity (Wildman–Crippen MR) is 64.8 cm³/mol. The largest absolute Gasteiger partial charge is 0.342 e. The lowest BCUT2D eigenvalue weighted by atomic mass is 10.0. The van der Waals surface area contributed by atoms with Crippen molar-refractivity contribution in [2.75, 3.05) is 13.1 Å². The van der Waals surface area contributed by atoms with E-state index in [1.54, 1.807) is 0 Å². The van der Waals surface area contributed by atoms with Crippen molar-refractivity contribution in [3.8, 4) is 0 Å². The Hall–Kier alpha value is -0.180. The van der Waals surface area contributed by atoms with Gasteiger partial charge >= 0.3 is 0 Å². The van der Waals surface area contributed by atoms with E-state index >= 15 is 0 Å². The standard InChI is InChI=1S/C11H23NOS/c1-5-10(6-2)8-12(7-3)11(13)9(4)14/h9-10,14H,5-8H2,1-4H3. The summed E-state index contributed by atoms with van der Waals surface area (Å²) in [5.74, 6) is 0.786. The third kappa shape index (κ3) is 4.36. The summed E-state index contributed by atoms with van der Waals surface area (Å²) in [6.07, 6.45) is 2.28. The molecule has 2 nitrogen and oxygen atoms in total. The van der Waals surface area contributed by atoms with Crippen LogP contribution in [0, 0.1) is 5.92 Å². The summed E-state index contributed by atoms with van der Waals surface area (Å²) in [5.41, 5.74) is 0. The molecular weight excluding hydrogens is 194 g/mol. The second kappa shape index (κ2) is 7.16. The van der Waals surface area contributed by atoms with Gasteiger partial charge in [0, 0.05) is 13.1 Å². The van der Waals surface area contributed by atoms with Gasteiger partial charge in [0.15, 0.2) is 0 Å². The van der Waals surface area contributed by atoms with Crippen LogP contribution < -0.4 is 0 Å². The highest BCUT2D eigenvalue weighted by Gasteiger charge is 2.18. The first kappa shape index (κ1) is 13.8. The van der Waals surface area contributed by atoms with Gasteiger partial charge < -0.3 is 4.90 Å². The molecule has 0 radical (unpaired) electrons. The van der Waals surface area contributed by atoms with Gasteiger partial charge in [0.25, 0.3) is 0 Å². The highest BCUT2D eigenvalue weighted by atomic mass is 32.1. The summed E-state index contributed by atoms with van der Waals surface area (Å²) in [7, 11) is 0. The van der Waals surface area contributed by atoms with E-state index in [0.717, 1.165) is 25.9 Å². The molecule has 0 spiro atoms. The predicted octanol–water partition coefficient (Wildman–Crippen LogP) is 2.59. The first-order chi connectivity index (χ1) is 6.56. The van der Waals surface area contributed by atoms with E-state index in [9.17, 15) is 4.79 Å². The summed E-state index contributed by atoms with van der Waals surface area (Å²) < 4.78 is 0. The SMILES string of the molecule is CCC(CC)CN(CC)C(=O)C(C)S. The molecule has 0 heterocycles. The maximum Gasteiger partial charge on any atom is 0.235 e. The van der Waals surface area contributed by atoms with Crippen molar-refractivity contribution in [2.45, 2.75) is 45.8 Å². The summed E-state index contributed by atoms with van der Waals surface area (Å²) in [6.45, 7) is 9.89. The van der Waals surface area contributed by atoms with Gasteiger partial charge in [0.05, 0.1) is 5.25 Å². The van der Waals surface area contributed by atoms with Crippen molar-refractivity contribution >= 4 is 18.5 Å². The zero-order valence-electron chi connectivity index (χ0n) is 9.79. The van der Waals surface area contributed by atoms with E-state index in [1.165, 1.54) is 0 Å². The average Bonchev–Trinajstić information content (AvgIpc) is 2.19. The van der Waals surface area contributed by atoms with Crippen molar-refractivity contribution in [1.82, 2.24) is 4.90 Å². The summed E-state index contributed by atoms with van der Waals surface area (Å²) in [4.78, 5) is 13.6. The van der Waals surface area contributed by atoms with Crippen LogP contribution >= 0.6 is 12.6 Å². The third-order valence-electron chi connectivity index (χ3n) is 2.68. The van der Waals surface area contributed by atoms with Crippen LogP contribution in [0.1, 0.15) is 40.5 Å². The second-order valence-electron chi connectivity index (χ2n) is 3.74. The molecule has 1 atom stereocenters. The van der Waals surface area contributed by atoms with E-state index in [4.69, 9.17) is 0 Å². The molecule has 0 saturated carbocycles. The summed E-state index contributed by atoms with van der Waals surface area (Å²) in [6, 6.07) is 0. The monoisotopic (exact) mass is 217 g/mol. The van der Waals surface area contributed by atoms with Crippen LogP contribution in [0.15, 0.2) is 0 Å². The molecule has 84 valence electrons.